The van der Waals surface area contributed by atoms with E-state index in [2.05, 4.69) is 21.2 Å². The molecule has 1 aliphatic carbocycles. The fraction of sp³-hybridized carbons (Fsp3) is 0.571. The van der Waals surface area contributed by atoms with Gasteiger partial charge in [0.25, 0.3) is 0 Å². The van der Waals surface area contributed by atoms with Crippen molar-refractivity contribution in [3.05, 3.63) is 34.1 Å². The Hall–Kier alpha value is -0.490. The number of benzene rings is 1. The molecular formula is C14H19BrFNO2. The third-order valence-electron chi connectivity index (χ3n) is 3.06. The molecule has 1 fully saturated rings. The van der Waals surface area contributed by atoms with Crippen LogP contribution in [-0.4, -0.2) is 31.0 Å². The molecule has 0 bridgehead atoms. The highest BCUT2D eigenvalue weighted by atomic mass is 79.9. The third kappa shape index (κ3) is 5.57. The second-order valence-corrected chi connectivity index (χ2v) is 5.92. The summed E-state index contributed by atoms with van der Waals surface area (Å²) in [6, 6.07) is 4.83. The molecule has 0 amide bonds. The first kappa shape index (κ1) is 14.9. The van der Waals surface area contributed by atoms with Gasteiger partial charge in [0.1, 0.15) is 5.82 Å². The van der Waals surface area contributed by atoms with Gasteiger partial charge >= 0.3 is 0 Å². The van der Waals surface area contributed by atoms with E-state index < -0.39 is 6.10 Å². The van der Waals surface area contributed by atoms with E-state index in [1.807, 2.05) is 0 Å². The minimum Gasteiger partial charge on any atom is -0.389 e. The van der Waals surface area contributed by atoms with E-state index in [-0.39, 0.29) is 5.82 Å². The van der Waals surface area contributed by atoms with Gasteiger partial charge < -0.3 is 15.2 Å². The zero-order valence-corrected chi connectivity index (χ0v) is 12.3. The minimum absolute atomic E-state index is 0.241. The molecule has 19 heavy (non-hydrogen) atoms. The standard InChI is InChI=1S/C14H19BrFNO2/c15-12-3-4-14(16)11(5-12)6-17-7-13(18)9-19-8-10-1-2-10/h3-5,10,13,17-18H,1-2,6-9H2. The quantitative estimate of drug-likeness (QED) is 0.768. The predicted octanol–water partition coefficient (Wildman–Crippen LogP) is 2.47. The molecule has 0 saturated heterocycles. The Balaban J connectivity index is 1.62. The molecule has 106 valence electrons. The number of rotatable bonds is 8. The summed E-state index contributed by atoms with van der Waals surface area (Å²) in [5.41, 5.74) is 0.584. The number of halogens is 2. The van der Waals surface area contributed by atoms with Crippen molar-refractivity contribution in [3.8, 4) is 0 Å². The monoisotopic (exact) mass is 331 g/mol. The first-order chi connectivity index (χ1) is 9.15. The zero-order valence-electron chi connectivity index (χ0n) is 10.7. The molecule has 1 aliphatic rings. The van der Waals surface area contributed by atoms with Crippen molar-refractivity contribution in [1.29, 1.82) is 0 Å². The summed E-state index contributed by atoms with van der Waals surface area (Å²) in [6.07, 6.45) is 1.95. The highest BCUT2D eigenvalue weighted by molar-refractivity contribution is 9.10. The van der Waals surface area contributed by atoms with Crippen molar-refractivity contribution < 1.29 is 14.2 Å². The molecule has 2 N–H and O–H groups in total. The van der Waals surface area contributed by atoms with Crippen molar-refractivity contribution in [2.45, 2.75) is 25.5 Å². The van der Waals surface area contributed by atoms with Gasteiger partial charge in [-0.1, -0.05) is 15.9 Å². The van der Waals surface area contributed by atoms with Crippen molar-refractivity contribution in [2.75, 3.05) is 19.8 Å². The Kier molecular flexibility index (Phi) is 5.76. The van der Waals surface area contributed by atoms with Gasteiger partial charge in [0.15, 0.2) is 0 Å². The first-order valence-corrected chi connectivity index (χ1v) is 7.35. The van der Waals surface area contributed by atoms with E-state index in [4.69, 9.17) is 4.74 Å². The first-order valence-electron chi connectivity index (χ1n) is 6.55. The van der Waals surface area contributed by atoms with Crippen LogP contribution in [0, 0.1) is 11.7 Å². The Bertz CT molecular complexity index is 412. The number of ether oxygens (including phenoxy) is 1. The molecule has 0 aromatic heterocycles. The lowest BCUT2D eigenvalue weighted by Crippen LogP contribution is -2.30. The van der Waals surface area contributed by atoms with Gasteiger partial charge in [-0.15, -0.1) is 0 Å². The highest BCUT2D eigenvalue weighted by Crippen LogP contribution is 2.28. The van der Waals surface area contributed by atoms with E-state index in [1.165, 1.54) is 18.9 Å². The van der Waals surface area contributed by atoms with E-state index >= 15 is 0 Å². The summed E-state index contributed by atoms with van der Waals surface area (Å²) in [5.74, 6) is 0.464. The summed E-state index contributed by atoms with van der Waals surface area (Å²) in [5, 5.41) is 12.7. The SMILES string of the molecule is OC(CNCc1cc(Br)ccc1F)COCC1CC1. The Labute approximate surface area is 121 Å². The van der Waals surface area contributed by atoms with Gasteiger partial charge in [0.2, 0.25) is 0 Å². The maximum atomic E-state index is 13.4. The van der Waals surface area contributed by atoms with E-state index in [9.17, 15) is 9.50 Å². The van der Waals surface area contributed by atoms with Crippen LogP contribution in [0.25, 0.3) is 0 Å². The van der Waals surface area contributed by atoms with Crippen LogP contribution in [0.1, 0.15) is 18.4 Å². The lowest BCUT2D eigenvalue weighted by molar-refractivity contribution is 0.0324. The Morgan fingerprint density at radius 3 is 3.00 bits per heavy atom. The summed E-state index contributed by atoms with van der Waals surface area (Å²) in [6.45, 7) is 1.88. The molecule has 2 rings (SSSR count). The molecule has 1 saturated carbocycles. The number of aliphatic hydroxyl groups is 1. The molecular weight excluding hydrogens is 313 g/mol. The number of aliphatic hydroxyl groups excluding tert-OH is 1. The lowest BCUT2D eigenvalue weighted by Gasteiger charge is -2.12. The van der Waals surface area contributed by atoms with Crippen LogP contribution in [0.2, 0.25) is 0 Å². The summed E-state index contributed by atoms with van der Waals surface area (Å²) >= 11 is 3.31. The zero-order chi connectivity index (χ0) is 13.7. The highest BCUT2D eigenvalue weighted by Gasteiger charge is 2.21. The van der Waals surface area contributed by atoms with Crippen LogP contribution in [0.15, 0.2) is 22.7 Å². The Morgan fingerprint density at radius 2 is 2.26 bits per heavy atom. The molecule has 0 spiro atoms. The largest absolute Gasteiger partial charge is 0.389 e. The van der Waals surface area contributed by atoms with E-state index in [0.29, 0.717) is 31.2 Å². The summed E-state index contributed by atoms with van der Waals surface area (Å²) in [7, 11) is 0. The molecule has 1 unspecified atom stereocenters. The van der Waals surface area contributed by atoms with Crippen molar-refractivity contribution in [1.82, 2.24) is 5.32 Å². The van der Waals surface area contributed by atoms with Crippen LogP contribution in [0.3, 0.4) is 0 Å². The van der Waals surface area contributed by atoms with Gasteiger partial charge in [0.05, 0.1) is 12.7 Å². The smallest absolute Gasteiger partial charge is 0.127 e. The van der Waals surface area contributed by atoms with Crippen molar-refractivity contribution in [2.24, 2.45) is 5.92 Å². The van der Waals surface area contributed by atoms with E-state index in [1.54, 1.807) is 12.1 Å². The van der Waals surface area contributed by atoms with Crippen molar-refractivity contribution >= 4 is 15.9 Å². The second kappa shape index (κ2) is 7.33. The van der Waals surface area contributed by atoms with Gasteiger partial charge in [-0.05, 0) is 37.0 Å². The molecule has 0 aliphatic heterocycles. The van der Waals surface area contributed by atoms with Crippen LogP contribution >= 0.6 is 15.9 Å². The lowest BCUT2D eigenvalue weighted by atomic mass is 10.2. The predicted molar refractivity (Wildman–Crippen MR) is 75.4 cm³/mol. The van der Waals surface area contributed by atoms with Crippen LogP contribution in [0.4, 0.5) is 4.39 Å². The Morgan fingerprint density at radius 1 is 1.47 bits per heavy atom. The number of hydrogen-bond donors (Lipinski definition) is 2. The minimum atomic E-state index is -0.547. The molecule has 0 heterocycles. The fourth-order valence-corrected chi connectivity index (χ4v) is 2.17. The number of nitrogens with one attached hydrogen (secondary N) is 1. The van der Waals surface area contributed by atoms with Crippen LogP contribution in [0.5, 0.6) is 0 Å². The van der Waals surface area contributed by atoms with Gasteiger partial charge in [-0.25, -0.2) is 4.39 Å². The third-order valence-corrected chi connectivity index (χ3v) is 3.56. The van der Waals surface area contributed by atoms with Gasteiger partial charge in [-0.2, -0.15) is 0 Å². The van der Waals surface area contributed by atoms with E-state index in [0.717, 1.165) is 11.1 Å². The van der Waals surface area contributed by atoms with Gasteiger partial charge in [0, 0.05) is 29.7 Å². The molecule has 3 nitrogen and oxygen atoms in total. The average Bonchev–Trinajstić information content (AvgIpc) is 3.18. The second-order valence-electron chi connectivity index (χ2n) is 5.00. The summed E-state index contributed by atoms with van der Waals surface area (Å²) in [4.78, 5) is 0. The average molecular weight is 332 g/mol. The fourth-order valence-electron chi connectivity index (χ4n) is 1.77. The molecule has 1 aromatic rings. The van der Waals surface area contributed by atoms with Gasteiger partial charge in [-0.3, -0.25) is 0 Å². The molecule has 0 radical (unpaired) electrons. The number of hydrogen-bond acceptors (Lipinski definition) is 3. The maximum absolute atomic E-state index is 13.4. The summed E-state index contributed by atoms with van der Waals surface area (Å²) < 4.78 is 19.7. The van der Waals surface area contributed by atoms with Crippen LogP contribution < -0.4 is 5.32 Å². The van der Waals surface area contributed by atoms with Crippen molar-refractivity contribution in [3.63, 3.8) is 0 Å². The molecule has 1 aromatic carbocycles. The molecule has 1 atom stereocenters. The maximum Gasteiger partial charge on any atom is 0.127 e. The topological polar surface area (TPSA) is 41.5 Å². The normalized spacial score (nSPS) is 16.6. The van der Waals surface area contributed by atoms with Crippen LogP contribution in [-0.2, 0) is 11.3 Å². The molecule has 5 heteroatoms.